The predicted molar refractivity (Wildman–Crippen MR) is 93.9 cm³/mol. The van der Waals surface area contributed by atoms with E-state index in [0.29, 0.717) is 36.1 Å². The van der Waals surface area contributed by atoms with Gasteiger partial charge in [0, 0.05) is 6.04 Å². The zero-order chi connectivity index (χ0) is 17.4. The van der Waals surface area contributed by atoms with Gasteiger partial charge < -0.3 is 20.1 Å². The molecule has 0 saturated carbocycles. The molecule has 0 heterocycles. The molecule has 0 amide bonds. The molecule has 1 atom stereocenters. The monoisotopic (exact) mass is 322 g/mol. The Labute approximate surface area is 139 Å². The number of nitrogen functional groups attached to an aromatic ring is 1. The van der Waals surface area contributed by atoms with Gasteiger partial charge >= 0.3 is 5.97 Å². The fourth-order valence-corrected chi connectivity index (χ4v) is 2.30. The first-order chi connectivity index (χ1) is 10.9. The van der Waals surface area contributed by atoms with E-state index in [0.717, 1.165) is 12.8 Å². The lowest BCUT2D eigenvalue weighted by Crippen LogP contribution is -2.37. The van der Waals surface area contributed by atoms with Gasteiger partial charge in [-0.25, -0.2) is 4.79 Å². The van der Waals surface area contributed by atoms with Crippen LogP contribution in [0.4, 0.5) is 5.69 Å². The Kier molecular flexibility index (Phi) is 7.89. The third-order valence-electron chi connectivity index (χ3n) is 3.82. The van der Waals surface area contributed by atoms with E-state index < -0.39 is 0 Å². The molecule has 0 fully saturated rings. The summed E-state index contributed by atoms with van der Waals surface area (Å²) in [5, 5.41) is 0. The number of hydrogen-bond donors (Lipinski definition) is 1. The number of nitrogens with two attached hydrogens (primary N) is 1. The zero-order valence-corrected chi connectivity index (χ0v) is 15.0. The van der Waals surface area contributed by atoms with E-state index in [-0.39, 0.29) is 12.0 Å². The minimum Gasteiger partial charge on any atom is -0.491 e. The molecular weight excluding hydrogens is 292 g/mol. The standard InChI is InChI=1S/C18H30N2O3/c1-6-7-10-22-17-11-14(8-9-15(17)19)18(21)23-12-16(13(2)3)20(4)5/h8-9,11,13,16H,6-7,10,12,19H2,1-5H3/t16-/m1/s1. The van der Waals surface area contributed by atoms with Gasteiger partial charge in [-0.1, -0.05) is 27.2 Å². The number of esters is 1. The Morgan fingerprint density at radius 3 is 2.57 bits per heavy atom. The van der Waals surface area contributed by atoms with E-state index >= 15 is 0 Å². The molecule has 1 aromatic rings. The van der Waals surface area contributed by atoms with Crippen molar-refractivity contribution in [3.8, 4) is 5.75 Å². The second kappa shape index (κ2) is 9.40. The highest BCUT2D eigenvalue weighted by atomic mass is 16.5. The number of rotatable bonds is 9. The summed E-state index contributed by atoms with van der Waals surface area (Å²) < 4.78 is 11.1. The van der Waals surface area contributed by atoms with Crippen molar-refractivity contribution in [1.29, 1.82) is 0 Å². The van der Waals surface area contributed by atoms with Gasteiger partial charge in [0.05, 0.1) is 17.9 Å². The summed E-state index contributed by atoms with van der Waals surface area (Å²) in [6, 6.07) is 5.20. The van der Waals surface area contributed by atoms with Crippen LogP contribution in [0.2, 0.25) is 0 Å². The molecule has 1 rings (SSSR count). The minimum absolute atomic E-state index is 0.188. The highest BCUT2D eigenvalue weighted by Gasteiger charge is 2.19. The number of nitrogens with zero attached hydrogens (tertiary/aromatic N) is 1. The van der Waals surface area contributed by atoms with Crippen LogP contribution >= 0.6 is 0 Å². The number of benzene rings is 1. The van der Waals surface area contributed by atoms with Crippen LogP contribution in [0.5, 0.6) is 5.75 Å². The molecule has 0 spiro atoms. The lowest BCUT2D eigenvalue weighted by atomic mass is 10.0. The Bertz CT molecular complexity index is 493. The molecule has 5 nitrogen and oxygen atoms in total. The molecule has 23 heavy (non-hydrogen) atoms. The average Bonchev–Trinajstić information content (AvgIpc) is 2.48. The molecule has 0 aliphatic carbocycles. The maximum Gasteiger partial charge on any atom is 0.338 e. The highest BCUT2D eigenvalue weighted by Crippen LogP contribution is 2.23. The number of unbranched alkanes of at least 4 members (excludes halogenated alkanes) is 1. The predicted octanol–water partition coefficient (Wildman–Crippen LogP) is 3.19. The van der Waals surface area contributed by atoms with E-state index in [4.69, 9.17) is 15.2 Å². The van der Waals surface area contributed by atoms with E-state index in [1.54, 1.807) is 18.2 Å². The fraction of sp³-hybridized carbons (Fsp3) is 0.611. The minimum atomic E-state index is -0.349. The SMILES string of the molecule is CCCCOc1cc(C(=O)OC[C@H](C(C)C)N(C)C)ccc1N. The molecule has 0 aromatic heterocycles. The van der Waals surface area contributed by atoms with E-state index in [9.17, 15) is 4.79 Å². The summed E-state index contributed by atoms with van der Waals surface area (Å²) in [6.45, 7) is 7.27. The third kappa shape index (κ3) is 6.10. The molecule has 0 saturated heterocycles. The van der Waals surface area contributed by atoms with Gasteiger partial charge in [-0.2, -0.15) is 0 Å². The lowest BCUT2D eigenvalue weighted by Gasteiger charge is -2.27. The molecular formula is C18H30N2O3. The molecule has 2 N–H and O–H groups in total. The van der Waals surface area contributed by atoms with Crippen LogP contribution in [0.25, 0.3) is 0 Å². The zero-order valence-electron chi connectivity index (χ0n) is 15.0. The summed E-state index contributed by atoms with van der Waals surface area (Å²) in [5.41, 5.74) is 6.89. The fourth-order valence-electron chi connectivity index (χ4n) is 2.30. The highest BCUT2D eigenvalue weighted by molar-refractivity contribution is 5.90. The van der Waals surface area contributed by atoms with Crippen LogP contribution in [0, 0.1) is 5.92 Å². The molecule has 0 radical (unpaired) electrons. The van der Waals surface area contributed by atoms with Gasteiger partial charge in [0.15, 0.2) is 0 Å². The third-order valence-corrected chi connectivity index (χ3v) is 3.82. The number of likely N-dealkylation sites (N-methyl/N-ethyl adjacent to an activating group) is 1. The summed E-state index contributed by atoms with van der Waals surface area (Å²) in [4.78, 5) is 14.3. The number of ether oxygens (including phenoxy) is 2. The summed E-state index contributed by atoms with van der Waals surface area (Å²) in [6.07, 6.45) is 2.00. The van der Waals surface area contributed by atoms with Gasteiger partial charge in [0.1, 0.15) is 12.4 Å². The molecule has 0 bridgehead atoms. The van der Waals surface area contributed by atoms with Crippen LogP contribution < -0.4 is 10.5 Å². The molecule has 0 aliphatic rings. The molecule has 1 aromatic carbocycles. The maximum absolute atomic E-state index is 12.3. The first kappa shape index (κ1) is 19.3. The van der Waals surface area contributed by atoms with Crippen molar-refractivity contribution in [2.24, 2.45) is 5.92 Å². The number of anilines is 1. The Balaban J connectivity index is 2.70. The van der Waals surface area contributed by atoms with E-state index in [1.165, 1.54) is 0 Å². The second-order valence-electron chi connectivity index (χ2n) is 6.33. The van der Waals surface area contributed by atoms with Gasteiger partial charge in [-0.3, -0.25) is 0 Å². The summed E-state index contributed by atoms with van der Waals surface area (Å²) in [7, 11) is 3.97. The van der Waals surface area contributed by atoms with Crippen molar-refractivity contribution in [1.82, 2.24) is 4.90 Å². The van der Waals surface area contributed by atoms with Gasteiger partial charge in [-0.15, -0.1) is 0 Å². The van der Waals surface area contributed by atoms with Crippen molar-refractivity contribution in [3.63, 3.8) is 0 Å². The van der Waals surface area contributed by atoms with Crippen molar-refractivity contribution >= 4 is 11.7 Å². The first-order valence-corrected chi connectivity index (χ1v) is 8.22. The Hall–Kier alpha value is -1.75. The number of carbonyl (C=O) groups is 1. The second-order valence-corrected chi connectivity index (χ2v) is 6.33. The van der Waals surface area contributed by atoms with Crippen LogP contribution in [-0.2, 0) is 4.74 Å². The Morgan fingerprint density at radius 1 is 1.30 bits per heavy atom. The van der Waals surface area contributed by atoms with Gasteiger partial charge in [0.25, 0.3) is 0 Å². The summed E-state index contributed by atoms with van der Waals surface area (Å²) >= 11 is 0. The molecule has 130 valence electrons. The number of hydrogen-bond acceptors (Lipinski definition) is 5. The summed E-state index contributed by atoms with van der Waals surface area (Å²) in [5.74, 6) is 0.593. The van der Waals surface area contributed by atoms with Crippen LogP contribution in [0.3, 0.4) is 0 Å². The molecule has 0 unspecified atom stereocenters. The Morgan fingerprint density at radius 2 is 2.00 bits per heavy atom. The topological polar surface area (TPSA) is 64.8 Å². The quantitative estimate of drug-likeness (QED) is 0.430. The smallest absolute Gasteiger partial charge is 0.338 e. The average molecular weight is 322 g/mol. The van der Waals surface area contributed by atoms with Gasteiger partial charge in [0.2, 0.25) is 0 Å². The first-order valence-electron chi connectivity index (χ1n) is 8.22. The van der Waals surface area contributed by atoms with Crippen molar-refractivity contribution in [2.75, 3.05) is 33.0 Å². The largest absolute Gasteiger partial charge is 0.491 e. The van der Waals surface area contributed by atoms with Crippen LogP contribution in [-0.4, -0.2) is 44.2 Å². The number of carbonyl (C=O) groups excluding carboxylic acids is 1. The molecule has 0 aliphatic heterocycles. The van der Waals surface area contributed by atoms with Crippen molar-refractivity contribution in [3.05, 3.63) is 23.8 Å². The molecule has 5 heteroatoms. The van der Waals surface area contributed by atoms with Crippen molar-refractivity contribution < 1.29 is 14.3 Å². The maximum atomic E-state index is 12.3. The van der Waals surface area contributed by atoms with E-state index in [1.807, 2.05) is 14.1 Å². The lowest BCUT2D eigenvalue weighted by molar-refractivity contribution is 0.0350. The van der Waals surface area contributed by atoms with E-state index in [2.05, 4.69) is 25.7 Å². The van der Waals surface area contributed by atoms with Gasteiger partial charge in [-0.05, 0) is 44.6 Å². The van der Waals surface area contributed by atoms with Crippen molar-refractivity contribution in [2.45, 2.75) is 39.7 Å². The normalized spacial score (nSPS) is 12.5. The van der Waals surface area contributed by atoms with Crippen LogP contribution in [0.15, 0.2) is 18.2 Å². The van der Waals surface area contributed by atoms with Crippen LogP contribution in [0.1, 0.15) is 44.0 Å².